The third kappa shape index (κ3) is 2.11. The van der Waals surface area contributed by atoms with E-state index in [0.29, 0.717) is 13.1 Å². The molecular formula is C13H23N3O2. The van der Waals surface area contributed by atoms with E-state index in [4.69, 9.17) is 5.73 Å². The van der Waals surface area contributed by atoms with Gasteiger partial charge in [0.05, 0.1) is 0 Å². The summed E-state index contributed by atoms with van der Waals surface area (Å²) in [6.07, 6.45) is 2.53. The van der Waals surface area contributed by atoms with Crippen molar-refractivity contribution in [2.75, 3.05) is 20.1 Å². The normalized spacial score (nSPS) is 31.9. The van der Waals surface area contributed by atoms with Gasteiger partial charge in [-0.2, -0.15) is 0 Å². The summed E-state index contributed by atoms with van der Waals surface area (Å²) < 4.78 is 0. The summed E-state index contributed by atoms with van der Waals surface area (Å²) in [4.78, 5) is 28.1. The molecule has 2 fully saturated rings. The van der Waals surface area contributed by atoms with Crippen molar-refractivity contribution in [2.24, 2.45) is 11.7 Å². The third-order valence-electron chi connectivity index (χ3n) is 4.29. The fourth-order valence-electron chi connectivity index (χ4n) is 3.06. The molecule has 102 valence electrons. The van der Waals surface area contributed by atoms with Crippen LogP contribution in [0.3, 0.4) is 0 Å². The molecule has 0 bridgehead atoms. The van der Waals surface area contributed by atoms with E-state index in [2.05, 4.69) is 0 Å². The van der Waals surface area contributed by atoms with Crippen LogP contribution < -0.4 is 5.73 Å². The van der Waals surface area contributed by atoms with Gasteiger partial charge >= 0.3 is 0 Å². The summed E-state index contributed by atoms with van der Waals surface area (Å²) in [5.74, 6) is 0.134. The second-order valence-electron chi connectivity index (χ2n) is 6.05. The van der Waals surface area contributed by atoms with Crippen LogP contribution in [0.4, 0.5) is 0 Å². The summed E-state index contributed by atoms with van der Waals surface area (Å²) >= 11 is 0. The number of likely N-dealkylation sites (N-methyl/N-ethyl adjacent to an activating group) is 1. The average Bonchev–Trinajstić information content (AvgIpc) is 2.72. The van der Waals surface area contributed by atoms with Crippen LogP contribution in [0.15, 0.2) is 0 Å². The quantitative estimate of drug-likeness (QED) is 0.725. The van der Waals surface area contributed by atoms with Gasteiger partial charge in [0.15, 0.2) is 0 Å². The van der Waals surface area contributed by atoms with Crippen molar-refractivity contribution in [3.05, 3.63) is 0 Å². The monoisotopic (exact) mass is 253 g/mol. The highest BCUT2D eigenvalue weighted by Crippen LogP contribution is 2.30. The number of nitrogens with zero attached hydrogens (tertiary/aromatic N) is 2. The molecule has 2 N–H and O–H groups in total. The van der Waals surface area contributed by atoms with E-state index in [-0.39, 0.29) is 23.8 Å². The first-order chi connectivity index (χ1) is 8.34. The zero-order valence-electron chi connectivity index (χ0n) is 11.5. The van der Waals surface area contributed by atoms with E-state index < -0.39 is 5.54 Å². The lowest BCUT2D eigenvalue weighted by molar-refractivity contribution is -0.159. The predicted molar refractivity (Wildman–Crippen MR) is 68.7 cm³/mol. The van der Waals surface area contributed by atoms with Gasteiger partial charge in [0.1, 0.15) is 5.54 Å². The van der Waals surface area contributed by atoms with Gasteiger partial charge in [-0.05, 0) is 33.1 Å². The Balaban J connectivity index is 2.13. The van der Waals surface area contributed by atoms with E-state index in [1.165, 1.54) is 0 Å². The van der Waals surface area contributed by atoms with Gasteiger partial charge in [0, 0.05) is 32.1 Å². The molecule has 2 aliphatic rings. The summed E-state index contributed by atoms with van der Waals surface area (Å²) in [5.41, 5.74) is 5.14. The molecule has 0 unspecified atom stereocenters. The Morgan fingerprint density at radius 3 is 2.56 bits per heavy atom. The first-order valence-electron chi connectivity index (χ1n) is 6.66. The molecule has 0 radical (unpaired) electrons. The van der Waals surface area contributed by atoms with Crippen molar-refractivity contribution < 1.29 is 9.59 Å². The van der Waals surface area contributed by atoms with Gasteiger partial charge in [-0.1, -0.05) is 0 Å². The van der Waals surface area contributed by atoms with Crippen LogP contribution in [0.1, 0.15) is 33.1 Å². The molecule has 0 aromatic heterocycles. The van der Waals surface area contributed by atoms with Crippen LogP contribution in [0.2, 0.25) is 0 Å². The summed E-state index contributed by atoms with van der Waals surface area (Å²) in [5, 5.41) is 0. The maximum atomic E-state index is 12.5. The van der Waals surface area contributed by atoms with E-state index in [0.717, 1.165) is 19.3 Å². The molecular weight excluding hydrogens is 230 g/mol. The second kappa shape index (κ2) is 4.53. The molecule has 18 heavy (non-hydrogen) atoms. The molecule has 1 aliphatic carbocycles. The predicted octanol–water partition coefficient (Wildman–Crippen LogP) is 0.193. The smallest absolute Gasteiger partial charge is 0.247 e. The average molecular weight is 253 g/mol. The Kier molecular flexibility index (Phi) is 3.36. The molecule has 1 aliphatic heterocycles. The van der Waals surface area contributed by atoms with Crippen molar-refractivity contribution in [1.29, 1.82) is 0 Å². The molecule has 0 aromatic carbocycles. The number of rotatable bonds is 1. The van der Waals surface area contributed by atoms with Gasteiger partial charge in [0.2, 0.25) is 11.8 Å². The first kappa shape index (κ1) is 13.3. The van der Waals surface area contributed by atoms with E-state index in [1.54, 1.807) is 16.8 Å². The van der Waals surface area contributed by atoms with Gasteiger partial charge < -0.3 is 15.5 Å². The molecule has 2 amide bonds. The van der Waals surface area contributed by atoms with Crippen LogP contribution in [-0.4, -0.2) is 53.3 Å². The zero-order chi connectivity index (χ0) is 13.5. The topological polar surface area (TPSA) is 66.6 Å². The zero-order valence-corrected chi connectivity index (χ0v) is 11.5. The van der Waals surface area contributed by atoms with Gasteiger partial charge in [-0.15, -0.1) is 0 Å². The molecule has 0 aromatic rings. The number of carbonyl (C=O) groups is 2. The SMILES string of the molecule is CN1CCN(C(=O)[C@@H]2CC[C@@H](N)C2)C(C)(C)C1=O. The molecule has 5 nitrogen and oxygen atoms in total. The number of piperazine rings is 1. The lowest BCUT2D eigenvalue weighted by Gasteiger charge is -2.45. The number of amides is 2. The summed E-state index contributed by atoms with van der Waals surface area (Å²) in [6.45, 7) is 4.90. The fourth-order valence-corrected chi connectivity index (χ4v) is 3.06. The summed E-state index contributed by atoms with van der Waals surface area (Å²) in [6, 6.07) is 0.144. The van der Waals surface area contributed by atoms with Crippen LogP contribution in [-0.2, 0) is 9.59 Å². The highest BCUT2D eigenvalue weighted by molar-refractivity contribution is 5.92. The summed E-state index contributed by atoms with van der Waals surface area (Å²) in [7, 11) is 1.79. The first-order valence-corrected chi connectivity index (χ1v) is 6.66. The second-order valence-corrected chi connectivity index (χ2v) is 6.05. The van der Waals surface area contributed by atoms with Crippen LogP contribution in [0, 0.1) is 5.92 Å². The molecule has 2 atom stereocenters. The third-order valence-corrected chi connectivity index (χ3v) is 4.29. The standard InChI is InChI=1S/C13H23N3O2/c1-13(2)12(18)15(3)6-7-16(13)11(17)9-4-5-10(14)8-9/h9-10H,4-8,14H2,1-3H3/t9-,10-/m1/s1. The maximum Gasteiger partial charge on any atom is 0.247 e. The van der Waals surface area contributed by atoms with Crippen LogP contribution in [0.25, 0.3) is 0 Å². The Morgan fingerprint density at radius 1 is 1.33 bits per heavy atom. The van der Waals surface area contributed by atoms with Gasteiger partial charge in [-0.3, -0.25) is 9.59 Å². The Bertz CT molecular complexity index is 367. The number of hydrogen-bond donors (Lipinski definition) is 1. The largest absolute Gasteiger partial charge is 0.342 e. The lowest BCUT2D eigenvalue weighted by atomic mass is 9.94. The highest BCUT2D eigenvalue weighted by atomic mass is 16.2. The number of carbonyl (C=O) groups excluding carboxylic acids is 2. The minimum Gasteiger partial charge on any atom is -0.342 e. The van der Waals surface area contributed by atoms with Crippen LogP contribution in [0.5, 0.6) is 0 Å². The van der Waals surface area contributed by atoms with Crippen molar-refractivity contribution >= 4 is 11.8 Å². The molecule has 5 heteroatoms. The van der Waals surface area contributed by atoms with Crippen molar-refractivity contribution in [3.63, 3.8) is 0 Å². The van der Waals surface area contributed by atoms with Crippen molar-refractivity contribution in [1.82, 2.24) is 9.80 Å². The molecule has 2 rings (SSSR count). The van der Waals surface area contributed by atoms with Gasteiger partial charge in [0.25, 0.3) is 0 Å². The fraction of sp³-hybridized carbons (Fsp3) is 0.846. The maximum absolute atomic E-state index is 12.5. The molecule has 1 saturated carbocycles. The molecule has 1 saturated heterocycles. The minimum absolute atomic E-state index is 0.00970. The Labute approximate surface area is 108 Å². The van der Waals surface area contributed by atoms with Crippen molar-refractivity contribution in [3.8, 4) is 0 Å². The van der Waals surface area contributed by atoms with Gasteiger partial charge in [-0.25, -0.2) is 0 Å². The molecule has 1 heterocycles. The van der Waals surface area contributed by atoms with Crippen LogP contribution >= 0.6 is 0 Å². The molecule has 0 spiro atoms. The van der Waals surface area contributed by atoms with E-state index in [9.17, 15) is 9.59 Å². The number of nitrogens with two attached hydrogens (primary N) is 1. The van der Waals surface area contributed by atoms with E-state index >= 15 is 0 Å². The highest BCUT2D eigenvalue weighted by Gasteiger charge is 2.45. The Hall–Kier alpha value is -1.10. The minimum atomic E-state index is -0.725. The number of hydrogen-bond acceptors (Lipinski definition) is 3. The lowest BCUT2D eigenvalue weighted by Crippen LogP contribution is -2.64. The van der Waals surface area contributed by atoms with E-state index in [1.807, 2.05) is 13.8 Å². The Morgan fingerprint density at radius 2 is 2.00 bits per heavy atom. The van der Waals surface area contributed by atoms with Crippen molar-refractivity contribution in [2.45, 2.75) is 44.7 Å².